The van der Waals surface area contributed by atoms with Gasteiger partial charge in [-0.15, -0.1) is 0 Å². The van der Waals surface area contributed by atoms with Crippen LogP contribution in [-0.2, 0) is 41.3 Å². The number of aryl methyl sites for hydroxylation is 2. The van der Waals surface area contributed by atoms with Crippen molar-refractivity contribution >= 4 is 15.9 Å². The Hall–Kier alpha value is -2.19. The van der Waals surface area contributed by atoms with Crippen molar-refractivity contribution in [1.82, 2.24) is 19.4 Å². The molecule has 0 bridgehead atoms. The maximum absolute atomic E-state index is 13.1. The minimum absolute atomic E-state index is 0.0360. The van der Waals surface area contributed by atoms with Crippen LogP contribution in [0.3, 0.4) is 0 Å². The predicted octanol–water partition coefficient (Wildman–Crippen LogP) is 1.46. The Kier molecular flexibility index (Phi) is 5.14. The summed E-state index contributed by atoms with van der Waals surface area (Å²) in [6, 6.07) is 5.29. The molecule has 0 radical (unpaired) electrons. The first-order valence-electron chi connectivity index (χ1n) is 8.94. The second-order valence-electron chi connectivity index (χ2n) is 7.27. The van der Waals surface area contributed by atoms with E-state index in [1.54, 1.807) is 23.9 Å². The molecule has 7 nitrogen and oxygen atoms in total. The largest absolute Gasteiger partial charge is 0.353 e. The van der Waals surface area contributed by atoms with Crippen LogP contribution in [0.25, 0.3) is 0 Å². The minimum Gasteiger partial charge on any atom is -0.353 e. The molecule has 1 amide bonds. The van der Waals surface area contributed by atoms with E-state index in [1.165, 1.54) is 11.2 Å². The van der Waals surface area contributed by atoms with Crippen LogP contribution in [0, 0.1) is 13.8 Å². The second kappa shape index (κ2) is 7.09. The van der Waals surface area contributed by atoms with E-state index in [0.29, 0.717) is 6.42 Å². The number of hydrogen-bond donors (Lipinski definition) is 1. The molecule has 0 unspecified atom stereocenters. The van der Waals surface area contributed by atoms with Gasteiger partial charge in [-0.2, -0.15) is 9.40 Å². The van der Waals surface area contributed by atoms with Crippen LogP contribution < -0.4 is 5.32 Å². The third-order valence-corrected chi connectivity index (χ3v) is 7.06. The lowest BCUT2D eigenvalue weighted by molar-refractivity contribution is -0.119. The number of carbonyl (C=O) groups excluding carboxylic acids is 1. The van der Waals surface area contributed by atoms with Gasteiger partial charge in [0.15, 0.2) is 0 Å². The molecular formula is C19H26N4O3S. The van der Waals surface area contributed by atoms with E-state index in [0.717, 1.165) is 34.5 Å². The molecule has 27 heavy (non-hydrogen) atoms. The fourth-order valence-corrected chi connectivity index (χ4v) is 4.87. The predicted molar refractivity (Wildman–Crippen MR) is 103 cm³/mol. The zero-order chi connectivity index (χ0) is 19.9. The number of sulfonamides is 1. The van der Waals surface area contributed by atoms with Gasteiger partial charge in [-0.3, -0.25) is 9.48 Å². The molecule has 0 saturated heterocycles. The highest BCUT2D eigenvalue weighted by Gasteiger charge is 2.27. The topological polar surface area (TPSA) is 84.3 Å². The van der Waals surface area contributed by atoms with Gasteiger partial charge in [0.2, 0.25) is 15.9 Å². The van der Waals surface area contributed by atoms with Crippen molar-refractivity contribution in [3.05, 3.63) is 46.3 Å². The Bertz CT molecular complexity index is 995. The molecule has 0 saturated carbocycles. The summed E-state index contributed by atoms with van der Waals surface area (Å²) in [5, 5.41) is 7.27. The number of amides is 1. The Morgan fingerprint density at radius 3 is 2.56 bits per heavy atom. The van der Waals surface area contributed by atoms with Crippen LogP contribution >= 0.6 is 0 Å². The van der Waals surface area contributed by atoms with Gasteiger partial charge in [-0.25, -0.2) is 8.42 Å². The van der Waals surface area contributed by atoms with Crippen LogP contribution in [0.1, 0.15) is 35.0 Å². The summed E-state index contributed by atoms with van der Waals surface area (Å²) in [4.78, 5) is 11.6. The maximum atomic E-state index is 13.1. The third kappa shape index (κ3) is 3.77. The van der Waals surface area contributed by atoms with Gasteiger partial charge in [0.05, 0.1) is 10.6 Å². The summed E-state index contributed by atoms with van der Waals surface area (Å²) in [5.74, 6) is -0.0670. The van der Waals surface area contributed by atoms with Crippen LogP contribution in [-0.4, -0.2) is 41.5 Å². The van der Waals surface area contributed by atoms with E-state index in [9.17, 15) is 13.2 Å². The molecular weight excluding hydrogens is 364 g/mol. The molecule has 8 heteroatoms. The first kappa shape index (κ1) is 19.6. The molecule has 1 atom stereocenters. The number of benzene rings is 1. The molecule has 0 spiro atoms. The smallest absolute Gasteiger partial charge is 0.243 e. The molecule has 1 N–H and O–H groups in total. The third-order valence-electron chi connectivity index (χ3n) is 5.27. The molecule has 1 aromatic carbocycles. The number of fused-ring (bicyclic) bond motifs is 1. The summed E-state index contributed by atoms with van der Waals surface area (Å²) in [6.45, 7) is 5.60. The highest BCUT2D eigenvalue weighted by Crippen LogP contribution is 2.27. The van der Waals surface area contributed by atoms with Gasteiger partial charge in [0.25, 0.3) is 0 Å². The van der Waals surface area contributed by atoms with Crippen molar-refractivity contribution in [2.45, 2.75) is 51.1 Å². The number of carbonyl (C=O) groups is 1. The summed E-state index contributed by atoms with van der Waals surface area (Å²) in [7, 11) is -0.169. The molecule has 1 aliphatic rings. The SMILES string of the molecule is CC(=O)N[C@@H]1Cc2ccc(S(=O)(=O)N(C)Cc3c(C)nn(C)c3C)cc2C1. The van der Waals surface area contributed by atoms with Gasteiger partial charge in [-0.1, -0.05) is 6.07 Å². The lowest BCUT2D eigenvalue weighted by Gasteiger charge is -2.18. The standard InChI is InChI=1S/C19H26N4O3S/c1-12-19(13(2)23(5)21-12)11-22(4)27(25,26)18-7-6-15-8-17(20-14(3)24)9-16(15)10-18/h6-7,10,17H,8-9,11H2,1-5H3,(H,20,24)/t17-/m1/s1. The highest BCUT2D eigenvalue weighted by atomic mass is 32.2. The van der Waals surface area contributed by atoms with E-state index in [1.807, 2.05) is 27.0 Å². The van der Waals surface area contributed by atoms with Gasteiger partial charge >= 0.3 is 0 Å². The summed E-state index contributed by atoms with van der Waals surface area (Å²) >= 11 is 0. The highest BCUT2D eigenvalue weighted by molar-refractivity contribution is 7.89. The van der Waals surface area contributed by atoms with E-state index < -0.39 is 10.0 Å². The first-order chi connectivity index (χ1) is 12.6. The van der Waals surface area contributed by atoms with Gasteiger partial charge < -0.3 is 5.32 Å². The Labute approximate surface area is 160 Å². The number of rotatable bonds is 5. The summed E-state index contributed by atoms with van der Waals surface area (Å²) in [5.41, 5.74) is 4.80. The molecule has 1 aliphatic carbocycles. The number of nitrogens with zero attached hydrogens (tertiary/aromatic N) is 3. The zero-order valence-corrected chi connectivity index (χ0v) is 17.2. The molecule has 2 aromatic rings. The molecule has 146 valence electrons. The summed E-state index contributed by atoms with van der Waals surface area (Å²) in [6.07, 6.45) is 1.39. The average Bonchev–Trinajstić information content (AvgIpc) is 3.08. The van der Waals surface area contributed by atoms with Crippen molar-refractivity contribution in [3.8, 4) is 0 Å². The monoisotopic (exact) mass is 390 g/mol. The fraction of sp³-hybridized carbons (Fsp3) is 0.474. The van der Waals surface area contributed by atoms with Gasteiger partial charge in [0.1, 0.15) is 0 Å². The van der Waals surface area contributed by atoms with E-state index in [2.05, 4.69) is 10.4 Å². The number of hydrogen-bond acceptors (Lipinski definition) is 4. The van der Waals surface area contributed by atoms with Gasteiger partial charge in [-0.05, 0) is 49.9 Å². The van der Waals surface area contributed by atoms with Crippen LogP contribution in [0.4, 0.5) is 0 Å². The molecule has 0 fully saturated rings. The molecule has 0 aliphatic heterocycles. The second-order valence-corrected chi connectivity index (χ2v) is 9.32. The maximum Gasteiger partial charge on any atom is 0.243 e. The zero-order valence-electron chi connectivity index (χ0n) is 16.4. The number of aromatic nitrogens is 2. The normalized spacial score (nSPS) is 16.6. The van der Waals surface area contributed by atoms with Crippen LogP contribution in [0.5, 0.6) is 0 Å². The summed E-state index contributed by atoms with van der Waals surface area (Å²) < 4.78 is 29.2. The number of nitrogens with one attached hydrogen (secondary N) is 1. The first-order valence-corrected chi connectivity index (χ1v) is 10.4. The van der Waals surface area contributed by atoms with Crippen molar-refractivity contribution in [2.24, 2.45) is 7.05 Å². The molecule has 1 heterocycles. The Balaban J connectivity index is 1.83. The van der Waals surface area contributed by atoms with Crippen molar-refractivity contribution in [2.75, 3.05) is 7.05 Å². The van der Waals surface area contributed by atoms with E-state index in [4.69, 9.17) is 0 Å². The van der Waals surface area contributed by atoms with Crippen molar-refractivity contribution < 1.29 is 13.2 Å². The van der Waals surface area contributed by atoms with Crippen LogP contribution in [0.2, 0.25) is 0 Å². The van der Waals surface area contributed by atoms with Crippen molar-refractivity contribution in [3.63, 3.8) is 0 Å². The lowest BCUT2D eigenvalue weighted by Crippen LogP contribution is -2.33. The quantitative estimate of drug-likeness (QED) is 0.838. The van der Waals surface area contributed by atoms with Crippen molar-refractivity contribution in [1.29, 1.82) is 0 Å². The Morgan fingerprint density at radius 2 is 1.96 bits per heavy atom. The fourth-order valence-electron chi connectivity index (χ4n) is 3.68. The van der Waals surface area contributed by atoms with E-state index >= 15 is 0 Å². The minimum atomic E-state index is -3.61. The Morgan fingerprint density at radius 1 is 1.30 bits per heavy atom. The lowest BCUT2D eigenvalue weighted by atomic mass is 10.1. The van der Waals surface area contributed by atoms with Gasteiger partial charge in [0, 0.05) is 44.9 Å². The molecule has 3 rings (SSSR count). The average molecular weight is 391 g/mol. The van der Waals surface area contributed by atoms with E-state index in [-0.39, 0.29) is 23.4 Å². The molecule has 1 aromatic heterocycles. The van der Waals surface area contributed by atoms with Crippen LogP contribution in [0.15, 0.2) is 23.1 Å².